The van der Waals surface area contributed by atoms with Crippen molar-refractivity contribution in [2.24, 2.45) is 5.73 Å². The topological polar surface area (TPSA) is 52.3 Å². The maximum absolute atomic E-state index is 11.7. The molecule has 1 rings (SSSR count). The number of carbonyl (C=O) groups excluding carboxylic acids is 1. The summed E-state index contributed by atoms with van der Waals surface area (Å²) in [5.41, 5.74) is 7.09. The van der Waals surface area contributed by atoms with Gasteiger partial charge < -0.3 is 10.5 Å². The lowest BCUT2D eigenvalue weighted by Crippen LogP contribution is -2.06. The molecular weight excluding hydrogens is 190 g/mol. The minimum atomic E-state index is 0.153. The second-order valence-corrected chi connectivity index (χ2v) is 3.50. The van der Waals surface area contributed by atoms with Gasteiger partial charge in [0.1, 0.15) is 5.75 Å². The third-order valence-corrected chi connectivity index (χ3v) is 2.34. The first kappa shape index (κ1) is 11.7. The van der Waals surface area contributed by atoms with Gasteiger partial charge in [0, 0.05) is 12.0 Å². The van der Waals surface area contributed by atoms with Crippen LogP contribution in [0.1, 0.15) is 28.8 Å². The molecule has 0 aliphatic carbocycles. The molecule has 0 aliphatic heterocycles. The Morgan fingerprint density at radius 1 is 1.47 bits per heavy atom. The fourth-order valence-corrected chi connectivity index (χ4v) is 1.47. The number of ether oxygens (including phenoxy) is 1. The molecule has 0 amide bonds. The van der Waals surface area contributed by atoms with E-state index >= 15 is 0 Å². The Kier molecular flexibility index (Phi) is 4.31. The molecular formula is C12H17NO2. The molecule has 0 bridgehead atoms. The lowest BCUT2D eigenvalue weighted by molar-refractivity contribution is 0.0980. The molecule has 0 saturated heterocycles. The molecule has 15 heavy (non-hydrogen) atoms. The van der Waals surface area contributed by atoms with Gasteiger partial charge in [0.25, 0.3) is 0 Å². The maximum Gasteiger partial charge on any atom is 0.163 e. The van der Waals surface area contributed by atoms with E-state index in [1.807, 2.05) is 25.1 Å². The molecule has 0 atom stereocenters. The summed E-state index contributed by atoms with van der Waals surface area (Å²) in [6.45, 7) is 2.47. The van der Waals surface area contributed by atoms with Crippen LogP contribution in [0.15, 0.2) is 18.2 Å². The molecule has 0 aromatic heterocycles. The highest BCUT2D eigenvalue weighted by molar-refractivity contribution is 5.97. The summed E-state index contributed by atoms with van der Waals surface area (Å²) >= 11 is 0. The summed E-state index contributed by atoms with van der Waals surface area (Å²) in [6, 6.07) is 5.49. The summed E-state index contributed by atoms with van der Waals surface area (Å²) in [6.07, 6.45) is 1.26. The zero-order valence-corrected chi connectivity index (χ0v) is 9.25. The Bertz CT molecular complexity index is 347. The highest BCUT2D eigenvalue weighted by Gasteiger charge is 2.08. The minimum Gasteiger partial charge on any atom is -0.497 e. The Morgan fingerprint density at radius 2 is 2.20 bits per heavy atom. The van der Waals surface area contributed by atoms with Gasteiger partial charge in [-0.3, -0.25) is 4.79 Å². The molecule has 2 N–H and O–H groups in total. The second kappa shape index (κ2) is 5.51. The first-order valence-corrected chi connectivity index (χ1v) is 5.07. The molecule has 1 aromatic rings. The highest BCUT2D eigenvalue weighted by Crippen LogP contribution is 2.18. The summed E-state index contributed by atoms with van der Waals surface area (Å²) in [5.74, 6) is 0.934. The monoisotopic (exact) mass is 207 g/mol. The van der Waals surface area contributed by atoms with Gasteiger partial charge in [0.2, 0.25) is 0 Å². The lowest BCUT2D eigenvalue weighted by Gasteiger charge is -2.06. The van der Waals surface area contributed by atoms with E-state index in [1.54, 1.807) is 7.11 Å². The largest absolute Gasteiger partial charge is 0.497 e. The van der Waals surface area contributed by atoms with Crippen molar-refractivity contribution in [1.29, 1.82) is 0 Å². The SMILES string of the molecule is COc1ccc(C(=O)CCCN)c(C)c1. The van der Waals surface area contributed by atoms with Gasteiger partial charge in [-0.25, -0.2) is 0 Å². The third-order valence-electron chi connectivity index (χ3n) is 2.34. The Balaban J connectivity index is 2.81. The van der Waals surface area contributed by atoms with Gasteiger partial charge >= 0.3 is 0 Å². The van der Waals surface area contributed by atoms with E-state index < -0.39 is 0 Å². The van der Waals surface area contributed by atoms with E-state index in [0.717, 1.165) is 23.3 Å². The summed E-state index contributed by atoms with van der Waals surface area (Å²) in [4.78, 5) is 11.7. The number of hydrogen-bond donors (Lipinski definition) is 1. The predicted molar refractivity (Wildman–Crippen MR) is 60.3 cm³/mol. The van der Waals surface area contributed by atoms with Crippen LogP contribution in [0.3, 0.4) is 0 Å². The van der Waals surface area contributed by atoms with Crippen molar-refractivity contribution in [1.82, 2.24) is 0 Å². The molecule has 1 aromatic carbocycles. The van der Waals surface area contributed by atoms with Crippen LogP contribution in [0, 0.1) is 6.92 Å². The average Bonchev–Trinajstić information content (AvgIpc) is 2.25. The minimum absolute atomic E-state index is 0.153. The Labute approximate surface area is 90.2 Å². The fourth-order valence-electron chi connectivity index (χ4n) is 1.47. The van der Waals surface area contributed by atoms with E-state index in [4.69, 9.17) is 10.5 Å². The number of hydrogen-bond acceptors (Lipinski definition) is 3. The van der Waals surface area contributed by atoms with Crippen LogP contribution in [-0.4, -0.2) is 19.4 Å². The van der Waals surface area contributed by atoms with E-state index in [2.05, 4.69) is 0 Å². The number of rotatable bonds is 5. The number of carbonyl (C=O) groups is 1. The van der Waals surface area contributed by atoms with E-state index in [0.29, 0.717) is 13.0 Å². The molecule has 0 spiro atoms. The number of benzene rings is 1. The van der Waals surface area contributed by atoms with Crippen molar-refractivity contribution in [3.63, 3.8) is 0 Å². The highest BCUT2D eigenvalue weighted by atomic mass is 16.5. The summed E-state index contributed by atoms with van der Waals surface area (Å²) < 4.78 is 5.08. The number of Topliss-reactive ketones (excluding diaryl/α,β-unsaturated/α-hetero) is 1. The van der Waals surface area contributed by atoms with Crippen LogP contribution in [0.2, 0.25) is 0 Å². The van der Waals surface area contributed by atoms with Crippen molar-refractivity contribution in [3.8, 4) is 5.75 Å². The summed E-state index contributed by atoms with van der Waals surface area (Å²) in [5, 5.41) is 0. The molecule has 0 heterocycles. The van der Waals surface area contributed by atoms with Crippen LogP contribution in [-0.2, 0) is 0 Å². The number of methoxy groups -OCH3 is 1. The van der Waals surface area contributed by atoms with Crippen LogP contribution in [0.25, 0.3) is 0 Å². The average molecular weight is 207 g/mol. The van der Waals surface area contributed by atoms with Gasteiger partial charge in [-0.1, -0.05) is 0 Å². The van der Waals surface area contributed by atoms with Gasteiger partial charge in [-0.05, 0) is 43.7 Å². The molecule has 0 unspecified atom stereocenters. The Hall–Kier alpha value is -1.35. The van der Waals surface area contributed by atoms with Crippen molar-refractivity contribution in [2.45, 2.75) is 19.8 Å². The molecule has 0 saturated carbocycles. The molecule has 82 valence electrons. The maximum atomic E-state index is 11.7. The van der Waals surface area contributed by atoms with Crippen LogP contribution in [0.5, 0.6) is 5.75 Å². The van der Waals surface area contributed by atoms with Crippen molar-refractivity contribution < 1.29 is 9.53 Å². The smallest absolute Gasteiger partial charge is 0.163 e. The van der Waals surface area contributed by atoms with Crippen LogP contribution >= 0.6 is 0 Å². The van der Waals surface area contributed by atoms with Crippen LogP contribution < -0.4 is 10.5 Å². The number of aryl methyl sites for hydroxylation is 1. The van der Waals surface area contributed by atoms with Crippen molar-refractivity contribution >= 4 is 5.78 Å². The molecule has 3 heteroatoms. The van der Waals surface area contributed by atoms with Crippen molar-refractivity contribution in [2.75, 3.05) is 13.7 Å². The normalized spacial score (nSPS) is 10.1. The van der Waals surface area contributed by atoms with E-state index in [-0.39, 0.29) is 5.78 Å². The van der Waals surface area contributed by atoms with E-state index in [9.17, 15) is 4.79 Å². The second-order valence-electron chi connectivity index (χ2n) is 3.50. The number of ketones is 1. The van der Waals surface area contributed by atoms with Gasteiger partial charge in [0.15, 0.2) is 5.78 Å². The summed E-state index contributed by atoms with van der Waals surface area (Å²) in [7, 11) is 1.62. The van der Waals surface area contributed by atoms with Gasteiger partial charge in [0.05, 0.1) is 7.11 Å². The van der Waals surface area contributed by atoms with E-state index in [1.165, 1.54) is 0 Å². The lowest BCUT2D eigenvalue weighted by atomic mass is 10.0. The first-order chi connectivity index (χ1) is 7.19. The molecule has 0 fully saturated rings. The molecule has 0 aliphatic rings. The van der Waals surface area contributed by atoms with Crippen molar-refractivity contribution in [3.05, 3.63) is 29.3 Å². The zero-order chi connectivity index (χ0) is 11.3. The Morgan fingerprint density at radius 3 is 2.73 bits per heavy atom. The standard InChI is InChI=1S/C12H17NO2/c1-9-8-10(15-2)5-6-11(9)12(14)4-3-7-13/h5-6,8H,3-4,7,13H2,1-2H3. The molecule has 0 radical (unpaired) electrons. The van der Waals surface area contributed by atoms with Gasteiger partial charge in [-0.15, -0.1) is 0 Å². The molecule has 3 nitrogen and oxygen atoms in total. The van der Waals surface area contributed by atoms with Crippen LogP contribution in [0.4, 0.5) is 0 Å². The zero-order valence-electron chi connectivity index (χ0n) is 9.25. The van der Waals surface area contributed by atoms with Gasteiger partial charge in [-0.2, -0.15) is 0 Å². The number of nitrogens with two attached hydrogens (primary N) is 1. The fraction of sp³-hybridized carbons (Fsp3) is 0.417. The first-order valence-electron chi connectivity index (χ1n) is 5.07. The predicted octanol–water partition coefficient (Wildman–Crippen LogP) is 1.93. The quantitative estimate of drug-likeness (QED) is 0.750. The third kappa shape index (κ3) is 3.06.